The zero-order valence-corrected chi connectivity index (χ0v) is 13.7. The van der Waals surface area contributed by atoms with Crippen LogP contribution in [0.15, 0.2) is 28.9 Å². The highest BCUT2D eigenvalue weighted by Gasteiger charge is 2.31. The highest BCUT2D eigenvalue weighted by atomic mass is 16.5. The first-order valence-electron chi connectivity index (χ1n) is 7.62. The van der Waals surface area contributed by atoms with Crippen LogP contribution in [0.3, 0.4) is 0 Å². The number of nitrogens with zero attached hydrogens (tertiary/aromatic N) is 5. The first-order chi connectivity index (χ1) is 10.4. The summed E-state index contributed by atoms with van der Waals surface area (Å²) in [6.45, 7) is 9.16. The van der Waals surface area contributed by atoms with Crippen LogP contribution < -0.4 is 4.90 Å². The number of aromatic nitrogens is 3. The van der Waals surface area contributed by atoms with Crippen LogP contribution in [-0.4, -0.2) is 46.4 Å². The fourth-order valence-electron chi connectivity index (χ4n) is 2.51. The van der Waals surface area contributed by atoms with Crippen LogP contribution in [0.25, 0.3) is 0 Å². The molecule has 3 rings (SSSR count). The molecule has 1 fully saturated rings. The molecule has 6 heteroatoms. The van der Waals surface area contributed by atoms with Crippen LogP contribution in [0, 0.1) is 0 Å². The first kappa shape index (κ1) is 15.0. The second-order valence-corrected chi connectivity index (χ2v) is 6.98. The molecule has 0 aliphatic carbocycles. The largest absolute Gasteiger partial charge is 0.360 e. The molecule has 1 aliphatic rings. The molecule has 0 N–H and O–H groups in total. The molecule has 0 spiro atoms. The fourth-order valence-corrected chi connectivity index (χ4v) is 2.51. The van der Waals surface area contributed by atoms with Crippen molar-refractivity contribution in [2.75, 3.05) is 25.0 Å². The summed E-state index contributed by atoms with van der Waals surface area (Å²) in [5, 5.41) is 12.5. The summed E-state index contributed by atoms with van der Waals surface area (Å²) in [5.41, 5.74) is 1.07. The number of hydrogen-bond donors (Lipinski definition) is 0. The van der Waals surface area contributed by atoms with Crippen molar-refractivity contribution in [1.29, 1.82) is 0 Å². The second-order valence-electron chi connectivity index (χ2n) is 6.98. The van der Waals surface area contributed by atoms with Crippen LogP contribution in [0.1, 0.15) is 32.2 Å². The predicted molar refractivity (Wildman–Crippen MR) is 84.7 cm³/mol. The van der Waals surface area contributed by atoms with E-state index in [0.29, 0.717) is 6.04 Å². The molecule has 0 atom stereocenters. The van der Waals surface area contributed by atoms with Crippen molar-refractivity contribution in [3.63, 3.8) is 0 Å². The van der Waals surface area contributed by atoms with Crippen molar-refractivity contribution in [1.82, 2.24) is 20.3 Å². The van der Waals surface area contributed by atoms with Gasteiger partial charge in [-0.1, -0.05) is 25.9 Å². The van der Waals surface area contributed by atoms with Gasteiger partial charge in [-0.2, -0.15) is 5.10 Å². The standard InChI is InChI=1S/C16H23N5O/c1-16(2,3)14-5-6-15(19-18-14)21-9-12(10-21)20(4)11-13-7-8-17-22-13/h5-8,12H,9-11H2,1-4H3. The molecule has 0 aromatic carbocycles. The third-order valence-electron chi connectivity index (χ3n) is 4.12. The Hall–Kier alpha value is -1.95. The van der Waals surface area contributed by atoms with Crippen molar-refractivity contribution < 1.29 is 4.52 Å². The van der Waals surface area contributed by atoms with Gasteiger partial charge in [0.25, 0.3) is 0 Å². The summed E-state index contributed by atoms with van der Waals surface area (Å²) in [6.07, 6.45) is 1.68. The summed E-state index contributed by atoms with van der Waals surface area (Å²) < 4.78 is 5.15. The van der Waals surface area contributed by atoms with E-state index in [1.807, 2.05) is 6.07 Å². The van der Waals surface area contributed by atoms with E-state index in [1.54, 1.807) is 6.20 Å². The highest BCUT2D eigenvalue weighted by molar-refractivity contribution is 5.42. The van der Waals surface area contributed by atoms with Crippen LogP contribution >= 0.6 is 0 Å². The Labute approximate surface area is 131 Å². The Morgan fingerprint density at radius 3 is 2.55 bits per heavy atom. The summed E-state index contributed by atoms with van der Waals surface area (Å²) in [5.74, 6) is 1.85. The maximum Gasteiger partial charge on any atom is 0.151 e. The van der Waals surface area contributed by atoms with E-state index in [4.69, 9.17) is 4.52 Å². The second kappa shape index (κ2) is 5.68. The lowest BCUT2D eigenvalue weighted by molar-refractivity contribution is 0.177. The molecule has 22 heavy (non-hydrogen) atoms. The molecule has 6 nitrogen and oxygen atoms in total. The summed E-state index contributed by atoms with van der Waals surface area (Å²) in [4.78, 5) is 4.54. The van der Waals surface area contributed by atoms with Crippen molar-refractivity contribution in [3.8, 4) is 0 Å². The van der Waals surface area contributed by atoms with Gasteiger partial charge in [0.15, 0.2) is 11.6 Å². The quantitative estimate of drug-likeness (QED) is 0.862. The molecule has 2 aromatic rings. The fraction of sp³-hybridized carbons (Fsp3) is 0.562. The first-order valence-corrected chi connectivity index (χ1v) is 7.62. The van der Waals surface area contributed by atoms with E-state index in [1.165, 1.54) is 0 Å². The van der Waals surface area contributed by atoms with Crippen LogP contribution in [0.2, 0.25) is 0 Å². The average Bonchev–Trinajstić information content (AvgIpc) is 2.89. The van der Waals surface area contributed by atoms with Crippen LogP contribution in [0.4, 0.5) is 5.82 Å². The Bertz CT molecular complexity index is 596. The summed E-state index contributed by atoms with van der Waals surface area (Å²) in [6, 6.07) is 6.56. The third kappa shape index (κ3) is 3.11. The smallest absolute Gasteiger partial charge is 0.151 e. The van der Waals surface area contributed by atoms with E-state index >= 15 is 0 Å². The molecule has 1 aliphatic heterocycles. The number of hydrogen-bond acceptors (Lipinski definition) is 6. The van der Waals surface area contributed by atoms with E-state index in [-0.39, 0.29) is 5.41 Å². The Balaban J connectivity index is 1.54. The topological polar surface area (TPSA) is 58.3 Å². The van der Waals surface area contributed by atoms with Gasteiger partial charge in [0.05, 0.1) is 18.4 Å². The lowest BCUT2D eigenvalue weighted by Crippen LogP contribution is -2.58. The SMILES string of the molecule is CN(Cc1ccno1)C1CN(c2ccc(C(C)(C)C)nn2)C1. The third-order valence-corrected chi connectivity index (χ3v) is 4.12. The zero-order chi connectivity index (χ0) is 15.7. The van der Waals surface area contributed by atoms with Crippen molar-refractivity contribution in [2.24, 2.45) is 0 Å². The molecule has 1 saturated heterocycles. The number of anilines is 1. The molecular formula is C16H23N5O. The monoisotopic (exact) mass is 301 g/mol. The van der Waals surface area contributed by atoms with Gasteiger partial charge in [0, 0.05) is 30.6 Å². The predicted octanol–water partition coefficient (Wildman–Crippen LogP) is 2.08. The zero-order valence-electron chi connectivity index (χ0n) is 13.7. The minimum atomic E-state index is 0.0420. The maximum absolute atomic E-state index is 5.15. The number of likely N-dealkylation sites (N-methyl/N-ethyl adjacent to an activating group) is 1. The van der Waals surface area contributed by atoms with Gasteiger partial charge in [0.2, 0.25) is 0 Å². The van der Waals surface area contributed by atoms with Gasteiger partial charge >= 0.3 is 0 Å². The van der Waals surface area contributed by atoms with E-state index in [9.17, 15) is 0 Å². The van der Waals surface area contributed by atoms with Gasteiger partial charge in [0.1, 0.15) is 0 Å². The molecule has 0 unspecified atom stereocenters. The lowest BCUT2D eigenvalue weighted by atomic mass is 9.92. The molecular weight excluding hydrogens is 278 g/mol. The minimum Gasteiger partial charge on any atom is -0.360 e. The molecule has 3 heterocycles. The van der Waals surface area contributed by atoms with Crippen molar-refractivity contribution in [2.45, 2.75) is 38.8 Å². The molecule has 0 amide bonds. The molecule has 0 radical (unpaired) electrons. The molecule has 0 bridgehead atoms. The van der Waals surface area contributed by atoms with Crippen LogP contribution in [-0.2, 0) is 12.0 Å². The molecule has 0 saturated carbocycles. The van der Waals surface area contributed by atoms with Gasteiger partial charge in [-0.15, -0.1) is 5.10 Å². The minimum absolute atomic E-state index is 0.0420. The maximum atomic E-state index is 5.15. The van der Waals surface area contributed by atoms with Gasteiger partial charge in [-0.25, -0.2) is 0 Å². The van der Waals surface area contributed by atoms with Gasteiger partial charge < -0.3 is 9.42 Å². The average molecular weight is 301 g/mol. The van der Waals surface area contributed by atoms with Crippen molar-refractivity contribution in [3.05, 3.63) is 35.9 Å². The number of rotatable bonds is 4. The summed E-state index contributed by atoms with van der Waals surface area (Å²) in [7, 11) is 2.11. The van der Waals surface area contributed by atoms with E-state index in [2.05, 4.69) is 65.1 Å². The van der Waals surface area contributed by atoms with Gasteiger partial charge in [-0.3, -0.25) is 4.90 Å². The Morgan fingerprint density at radius 1 is 1.23 bits per heavy atom. The highest BCUT2D eigenvalue weighted by Crippen LogP contribution is 2.24. The van der Waals surface area contributed by atoms with E-state index < -0.39 is 0 Å². The molecule has 118 valence electrons. The normalized spacial score (nSPS) is 16.1. The van der Waals surface area contributed by atoms with Crippen LogP contribution in [0.5, 0.6) is 0 Å². The summed E-state index contributed by atoms with van der Waals surface area (Å²) >= 11 is 0. The van der Waals surface area contributed by atoms with Crippen molar-refractivity contribution >= 4 is 5.82 Å². The molecule has 2 aromatic heterocycles. The lowest BCUT2D eigenvalue weighted by Gasteiger charge is -2.44. The van der Waals surface area contributed by atoms with Gasteiger partial charge in [-0.05, 0) is 19.2 Å². The van der Waals surface area contributed by atoms with E-state index in [0.717, 1.165) is 36.9 Å². The Kier molecular flexibility index (Phi) is 3.87. The Morgan fingerprint density at radius 2 is 2.00 bits per heavy atom.